The van der Waals surface area contributed by atoms with Gasteiger partial charge >= 0.3 is 0 Å². The summed E-state index contributed by atoms with van der Waals surface area (Å²) in [5, 5.41) is 0. The zero-order valence-electron chi connectivity index (χ0n) is 11.7. The highest BCUT2D eigenvalue weighted by molar-refractivity contribution is 6.00. The van der Waals surface area contributed by atoms with Gasteiger partial charge in [0.2, 0.25) is 0 Å². The first kappa shape index (κ1) is 13.6. The Labute approximate surface area is 123 Å². The number of ketones is 1. The second-order valence-electron chi connectivity index (χ2n) is 4.85. The molecule has 0 amide bonds. The standard InChI is InChI=1S/C17H16O4/c1-19-11-20-13-7-8-14-15(18)10-16(21-17(14)9-13)12-5-3-2-4-6-12/h2-9,16H,10-11H2,1H3/t16-/m0/s1. The fraction of sp³-hybridized carbons (Fsp3) is 0.235. The molecule has 0 spiro atoms. The molecule has 1 atom stereocenters. The first-order chi connectivity index (χ1) is 10.3. The van der Waals surface area contributed by atoms with Gasteiger partial charge in [0.25, 0.3) is 0 Å². The SMILES string of the molecule is COCOc1ccc2c(c1)O[C@H](c1ccccc1)CC2=O. The maximum atomic E-state index is 12.2. The lowest BCUT2D eigenvalue weighted by molar-refractivity contribution is 0.0506. The normalized spacial score (nSPS) is 17.0. The predicted octanol–water partition coefficient (Wildman–Crippen LogP) is 3.38. The molecule has 1 heterocycles. The van der Waals surface area contributed by atoms with Gasteiger partial charge in [0.05, 0.1) is 12.0 Å². The number of hydrogen-bond donors (Lipinski definition) is 0. The number of methoxy groups -OCH3 is 1. The van der Waals surface area contributed by atoms with Crippen LogP contribution in [-0.4, -0.2) is 19.7 Å². The highest BCUT2D eigenvalue weighted by Gasteiger charge is 2.27. The molecule has 2 aromatic carbocycles. The van der Waals surface area contributed by atoms with Gasteiger partial charge in [0, 0.05) is 13.2 Å². The lowest BCUT2D eigenvalue weighted by atomic mass is 9.96. The van der Waals surface area contributed by atoms with Crippen molar-refractivity contribution in [3.05, 3.63) is 59.7 Å². The molecule has 21 heavy (non-hydrogen) atoms. The highest BCUT2D eigenvalue weighted by atomic mass is 16.7. The molecular weight excluding hydrogens is 268 g/mol. The number of hydrogen-bond acceptors (Lipinski definition) is 4. The van der Waals surface area contributed by atoms with E-state index in [-0.39, 0.29) is 18.7 Å². The van der Waals surface area contributed by atoms with E-state index in [0.717, 1.165) is 5.56 Å². The molecule has 0 bridgehead atoms. The van der Waals surface area contributed by atoms with Gasteiger partial charge in [-0.15, -0.1) is 0 Å². The van der Waals surface area contributed by atoms with Crippen LogP contribution >= 0.6 is 0 Å². The summed E-state index contributed by atoms with van der Waals surface area (Å²) >= 11 is 0. The van der Waals surface area contributed by atoms with E-state index in [0.29, 0.717) is 23.5 Å². The molecule has 0 unspecified atom stereocenters. The Bertz CT molecular complexity index is 636. The molecule has 108 valence electrons. The summed E-state index contributed by atoms with van der Waals surface area (Å²) < 4.78 is 16.2. The molecule has 2 aromatic rings. The minimum absolute atomic E-state index is 0.0865. The van der Waals surface area contributed by atoms with Crippen LogP contribution in [0.1, 0.15) is 28.4 Å². The first-order valence-corrected chi connectivity index (χ1v) is 6.78. The van der Waals surface area contributed by atoms with E-state index in [2.05, 4.69) is 0 Å². The van der Waals surface area contributed by atoms with Crippen molar-refractivity contribution in [2.24, 2.45) is 0 Å². The summed E-state index contributed by atoms with van der Waals surface area (Å²) in [5.74, 6) is 1.27. The largest absolute Gasteiger partial charge is 0.484 e. The zero-order valence-corrected chi connectivity index (χ0v) is 11.7. The van der Waals surface area contributed by atoms with Crippen molar-refractivity contribution >= 4 is 5.78 Å². The van der Waals surface area contributed by atoms with Gasteiger partial charge in [-0.1, -0.05) is 30.3 Å². The van der Waals surface area contributed by atoms with Crippen molar-refractivity contribution in [1.29, 1.82) is 0 Å². The maximum absolute atomic E-state index is 12.2. The molecule has 0 aromatic heterocycles. The molecule has 0 N–H and O–H groups in total. The average molecular weight is 284 g/mol. The van der Waals surface area contributed by atoms with E-state index in [1.807, 2.05) is 30.3 Å². The predicted molar refractivity (Wildman–Crippen MR) is 77.7 cm³/mol. The second-order valence-corrected chi connectivity index (χ2v) is 4.85. The molecular formula is C17H16O4. The smallest absolute Gasteiger partial charge is 0.188 e. The number of Topliss-reactive ketones (excluding diaryl/α,β-unsaturated/α-hetero) is 1. The minimum Gasteiger partial charge on any atom is -0.484 e. The van der Waals surface area contributed by atoms with Gasteiger partial charge in [0.15, 0.2) is 12.6 Å². The Balaban J connectivity index is 1.87. The van der Waals surface area contributed by atoms with Crippen LogP contribution in [0, 0.1) is 0 Å². The Kier molecular flexibility index (Phi) is 3.88. The molecule has 0 saturated carbocycles. The monoisotopic (exact) mass is 284 g/mol. The summed E-state index contributed by atoms with van der Waals surface area (Å²) in [4.78, 5) is 12.2. The number of carbonyl (C=O) groups excluding carboxylic acids is 1. The van der Waals surface area contributed by atoms with Crippen LogP contribution in [-0.2, 0) is 4.74 Å². The van der Waals surface area contributed by atoms with Gasteiger partial charge in [-0.05, 0) is 17.7 Å². The van der Waals surface area contributed by atoms with E-state index < -0.39 is 0 Å². The molecule has 1 aliphatic heterocycles. The molecule has 0 saturated heterocycles. The minimum atomic E-state index is -0.246. The van der Waals surface area contributed by atoms with Crippen molar-refractivity contribution in [2.75, 3.05) is 13.9 Å². The van der Waals surface area contributed by atoms with Gasteiger partial charge in [0.1, 0.15) is 17.6 Å². The van der Waals surface area contributed by atoms with E-state index >= 15 is 0 Å². The Morgan fingerprint density at radius 2 is 2.00 bits per heavy atom. The van der Waals surface area contributed by atoms with E-state index in [4.69, 9.17) is 14.2 Å². The van der Waals surface area contributed by atoms with Crippen LogP contribution in [0.15, 0.2) is 48.5 Å². The van der Waals surface area contributed by atoms with Crippen LogP contribution in [0.2, 0.25) is 0 Å². The topological polar surface area (TPSA) is 44.8 Å². The number of fused-ring (bicyclic) bond motifs is 1. The van der Waals surface area contributed by atoms with Gasteiger partial charge < -0.3 is 14.2 Å². The van der Waals surface area contributed by atoms with Gasteiger partial charge in [-0.2, -0.15) is 0 Å². The third-order valence-electron chi connectivity index (χ3n) is 3.41. The molecule has 4 heteroatoms. The molecule has 4 nitrogen and oxygen atoms in total. The Hall–Kier alpha value is -2.33. The summed E-state index contributed by atoms with van der Waals surface area (Å²) in [6.45, 7) is 0.162. The summed E-state index contributed by atoms with van der Waals surface area (Å²) in [5.41, 5.74) is 1.60. The van der Waals surface area contributed by atoms with E-state index in [9.17, 15) is 4.79 Å². The fourth-order valence-electron chi connectivity index (χ4n) is 2.37. The van der Waals surface area contributed by atoms with E-state index in [1.165, 1.54) is 0 Å². The lowest BCUT2D eigenvalue weighted by Gasteiger charge is -2.25. The Morgan fingerprint density at radius 1 is 1.19 bits per heavy atom. The van der Waals surface area contributed by atoms with Gasteiger partial charge in [-0.25, -0.2) is 0 Å². The molecule has 0 aliphatic carbocycles. The molecule has 1 aliphatic rings. The van der Waals surface area contributed by atoms with Gasteiger partial charge in [-0.3, -0.25) is 4.79 Å². The zero-order chi connectivity index (χ0) is 14.7. The fourth-order valence-corrected chi connectivity index (χ4v) is 2.37. The van der Waals surface area contributed by atoms with Crippen molar-refractivity contribution in [1.82, 2.24) is 0 Å². The number of ether oxygens (including phenoxy) is 3. The van der Waals surface area contributed by atoms with E-state index in [1.54, 1.807) is 25.3 Å². The highest BCUT2D eigenvalue weighted by Crippen LogP contribution is 2.36. The van der Waals surface area contributed by atoms with Crippen molar-refractivity contribution in [2.45, 2.75) is 12.5 Å². The average Bonchev–Trinajstić information content (AvgIpc) is 2.53. The maximum Gasteiger partial charge on any atom is 0.188 e. The van der Waals surface area contributed by atoms with Crippen LogP contribution in [0.25, 0.3) is 0 Å². The third kappa shape index (κ3) is 2.90. The number of carbonyl (C=O) groups is 1. The lowest BCUT2D eigenvalue weighted by Crippen LogP contribution is -2.20. The van der Waals surface area contributed by atoms with Crippen LogP contribution in [0.3, 0.4) is 0 Å². The van der Waals surface area contributed by atoms with Crippen molar-refractivity contribution in [3.8, 4) is 11.5 Å². The summed E-state index contributed by atoms with van der Waals surface area (Å²) in [6, 6.07) is 15.0. The molecule has 0 radical (unpaired) electrons. The summed E-state index contributed by atoms with van der Waals surface area (Å²) in [7, 11) is 1.56. The third-order valence-corrected chi connectivity index (χ3v) is 3.41. The molecule has 0 fully saturated rings. The Morgan fingerprint density at radius 3 is 2.76 bits per heavy atom. The first-order valence-electron chi connectivity index (χ1n) is 6.78. The number of benzene rings is 2. The summed E-state index contributed by atoms with van der Waals surface area (Å²) in [6.07, 6.45) is 0.110. The quantitative estimate of drug-likeness (QED) is 0.807. The molecule has 3 rings (SSSR count). The van der Waals surface area contributed by atoms with Crippen molar-refractivity contribution < 1.29 is 19.0 Å². The van der Waals surface area contributed by atoms with Crippen LogP contribution in [0.4, 0.5) is 0 Å². The second kappa shape index (κ2) is 5.97. The van der Waals surface area contributed by atoms with Crippen molar-refractivity contribution in [3.63, 3.8) is 0 Å². The van der Waals surface area contributed by atoms with Crippen LogP contribution in [0.5, 0.6) is 11.5 Å². The van der Waals surface area contributed by atoms with Crippen LogP contribution < -0.4 is 9.47 Å². The number of rotatable bonds is 4.